The van der Waals surface area contributed by atoms with Gasteiger partial charge >= 0.3 is 6.18 Å². The number of piperazine rings is 1. The molecule has 1 aromatic carbocycles. The van der Waals surface area contributed by atoms with Crippen LogP contribution in [0, 0.1) is 5.82 Å². The number of hydrogen-bond donors (Lipinski definition) is 1. The van der Waals surface area contributed by atoms with E-state index in [2.05, 4.69) is 10.2 Å². The Morgan fingerprint density at radius 2 is 1.86 bits per heavy atom. The van der Waals surface area contributed by atoms with Crippen LogP contribution in [0.1, 0.15) is 36.9 Å². The zero-order chi connectivity index (χ0) is 15.5. The number of nitrogens with zero attached hydrogens (tertiary/aromatic N) is 1. The van der Waals surface area contributed by atoms with E-state index in [4.69, 9.17) is 0 Å². The van der Waals surface area contributed by atoms with Crippen LogP contribution in [-0.4, -0.2) is 31.1 Å². The van der Waals surface area contributed by atoms with Crippen LogP contribution < -0.4 is 5.32 Å². The summed E-state index contributed by atoms with van der Waals surface area (Å²) in [5, 5.41) is 3.22. The maximum atomic E-state index is 14.2. The van der Waals surface area contributed by atoms with E-state index in [1.54, 1.807) is 0 Å². The van der Waals surface area contributed by atoms with Crippen LogP contribution in [0.5, 0.6) is 0 Å². The molecule has 2 rings (SSSR count). The van der Waals surface area contributed by atoms with Gasteiger partial charge in [-0.3, -0.25) is 4.90 Å². The fourth-order valence-corrected chi connectivity index (χ4v) is 2.78. The molecule has 7 heteroatoms. The lowest BCUT2D eigenvalue weighted by atomic mass is 9.98. The summed E-state index contributed by atoms with van der Waals surface area (Å²) in [6.45, 7) is 5.21. The molecule has 0 bridgehead atoms. The second kappa shape index (κ2) is 8.13. The molecule has 0 unspecified atom stereocenters. The molecular formula is C15H21ClF4N2. The number of benzene rings is 1. The van der Waals surface area contributed by atoms with E-state index < -0.39 is 17.6 Å². The van der Waals surface area contributed by atoms with Crippen molar-refractivity contribution in [2.45, 2.75) is 32.0 Å². The van der Waals surface area contributed by atoms with Crippen LogP contribution >= 0.6 is 12.4 Å². The smallest absolute Gasteiger partial charge is 0.314 e. The first kappa shape index (κ1) is 19.2. The lowest BCUT2D eigenvalue weighted by Crippen LogP contribution is -2.45. The number of hydrogen-bond acceptors (Lipinski definition) is 2. The molecule has 1 heterocycles. The van der Waals surface area contributed by atoms with Crippen molar-refractivity contribution in [2.75, 3.05) is 26.2 Å². The van der Waals surface area contributed by atoms with Crippen molar-refractivity contribution in [1.82, 2.24) is 10.2 Å². The minimum absolute atomic E-state index is 0. The van der Waals surface area contributed by atoms with Gasteiger partial charge in [-0.05, 0) is 18.6 Å². The second-order valence-electron chi connectivity index (χ2n) is 5.32. The van der Waals surface area contributed by atoms with Gasteiger partial charge < -0.3 is 5.32 Å². The molecule has 0 saturated carbocycles. The lowest BCUT2D eigenvalue weighted by Gasteiger charge is -2.35. The predicted molar refractivity (Wildman–Crippen MR) is 80.7 cm³/mol. The number of halogens is 5. The monoisotopic (exact) mass is 340 g/mol. The van der Waals surface area contributed by atoms with Crippen LogP contribution in [0.25, 0.3) is 0 Å². The number of rotatable bonds is 4. The Labute approximate surface area is 134 Å². The minimum Gasteiger partial charge on any atom is -0.314 e. The van der Waals surface area contributed by atoms with Gasteiger partial charge in [0.1, 0.15) is 5.82 Å². The van der Waals surface area contributed by atoms with Crippen molar-refractivity contribution in [3.05, 3.63) is 35.1 Å². The van der Waals surface area contributed by atoms with E-state index in [0.29, 0.717) is 11.6 Å². The van der Waals surface area contributed by atoms with Crippen LogP contribution in [0.3, 0.4) is 0 Å². The van der Waals surface area contributed by atoms with Crippen LogP contribution in [0.2, 0.25) is 0 Å². The number of alkyl halides is 3. The van der Waals surface area contributed by atoms with Gasteiger partial charge in [-0.15, -0.1) is 12.4 Å². The van der Waals surface area contributed by atoms with Crippen LogP contribution in [0.15, 0.2) is 18.2 Å². The van der Waals surface area contributed by atoms with Gasteiger partial charge in [-0.1, -0.05) is 19.4 Å². The van der Waals surface area contributed by atoms with E-state index in [-0.39, 0.29) is 18.4 Å². The molecular weight excluding hydrogens is 320 g/mol. The molecule has 126 valence electrons. The summed E-state index contributed by atoms with van der Waals surface area (Å²) >= 11 is 0. The van der Waals surface area contributed by atoms with Gasteiger partial charge in [0.05, 0.1) is 5.56 Å². The van der Waals surface area contributed by atoms with Crippen LogP contribution in [0.4, 0.5) is 17.6 Å². The number of nitrogens with one attached hydrogen (secondary N) is 1. The van der Waals surface area contributed by atoms with Crippen molar-refractivity contribution in [1.29, 1.82) is 0 Å². The summed E-state index contributed by atoms with van der Waals surface area (Å²) < 4.78 is 52.0. The second-order valence-corrected chi connectivity index (χ2v) is 5.32. The molecule has 1 aliphatic rings. The van der Waals surface area contributed by atoms with Crippen molar-refractivity contribution in [2.24, 2.45) is 0 Å². The molecule has 22 heavy (non-hydrogen) atoms. The Kier molecular flexibility index (Phi) is 7.09. The van der Waals surface area contributed by atoms with E-state index in [1.165, 1.54) is 6.07 Å². The van der Waals surface area contributed by atoms with E-state index >= 15 is 0 Å². The van der Waals surface area contributed by atoms with Gasteiger partial charge in [0.25, 0.3) is 0 Å². The SMILES string of the molecule is CCC[C@H](c1ccc(C(F)(F)F)cc1F)N1CCNCC1.Cl. The summed E-state index contributed by atoms with van der Waals surface area (Å²) in [5.41, 5.74) is -0.564. The normalized spacial score (nSPS) is 17.9. The Balaban J connectivity index is 0.00000242. The van der Waals surface area contributed by atoms with Gasteiger partial charge in [-0.25, -0.2) is 4.39 Å². The zero-order valence-electron chi connectivity index (χ0n) is 12.4. The maximum Gasteiger partial charge on any atom is 0.416 e. The van der Waals surface area contributed by atoms with Crippen LogP contribution in [-0.2, 0) is 6.18 Å². The van der Waals surface area contributed by atoms with Crippen molar-refractivity contribution in [3.63, 3.8) is 0 Å². The summed E-state index contributed by atoms with van der Waals surface area (Å²) in [7, 11) is 0. The highest BCUT2D eigenvalue weighted by atomic mass is 35.5. The van der Waals surface area contributed by atoms with Gasteiger partial charge in [0, 0.05) is 37.8 Å². The topological polar surface area (TPSA) is 15.3 Å². The third-order valence-corrected chi connectivity index (χ3v) is 3.84. The van der Waals surface area contributed by atoms with E-state index in [1.807, 2.05) is 6.92 Å². The zero-order valence-corrected chi connectivity index (χ0v) is 13.2. The molecule has 1 atom stereocenters. The summed E-state index contributed by atoms with van der Waals surface area (Å²) in [5.74, 6) is -0.762. The summed E-state index contributed by atoms with van der Waals surface area (Å²) in [4.78, 5) is 2.14. The first-order valence-corrected chi connectivity index (χ1v) is 7.25. The fraction of sp³-hybridized carbons (Fsp3) is 0.600. The molecule has 2 nitrogen and oxygen atoms in total. The summed E-state index contributed by atoms with van der Waals surface area (Å²) in [6, 6.07) is 2.73. The molecule has 1 fully saturated rings. The molecule has 1 saturated heterocycles. The third-order valence-electron chi connectivity index (χ3n) is 3.84. The minimum atomic E-state index is -4.51. The van der Waals surface area contributed by atoms with Crippen molar-refractivity contribution in [3.8, 4) is 0 Å². The first-order valence-electron chi connectivity index (χ1n) is 7.25. The molecule has 1 aliphatic heterocycles. The highest BCUT2D eigenvalue weighted by Crippen LogP contribution is 2.34. The molecule has 0 aliphatic carbocycles. The van der Waals surface area contributed by atoms with Gasteiger partial charge in [-0.2, -0.15) is 13.2 Å². The highest BCUT2D eigenvalue weighted by molar-refractivity contribution is 5.85. The third kappa shape index (κ3) is 4.57. The molecule has 1 N–H and O–H groups in total. The predicted octanol–water partition coefficient (Wildman–Crippen LogP) is 4.01. The maximum absolute atomic E-state index is 14.2. The quantitative estimate of drug-likeness (QED) is 0.833. The largest absolute Gasteiger partial charge is 0.416 e. The summed E-state index contributed by atoms with van der Waals surface area (Å²) in [6.07, 6.45) is -2.91. The molecule has 1 aromatic rings. The first-order chi connectivity index (χ1) is 9.93. The molecule has 0 aromatic heterocycles. The van der Waals surface area contributed by atoms with E-state index in [9.17, 15) is 17.6 Å². The Morgan fingerprint density at radius 3 is 2.36 bits per heavy atom. The van der Waals surface area contributed by atoms with Gasteiger partial charge in [0.15, 0.2) is 0 Å². The Bertz CT molecular complexity index is 473. The lowest BCUT2D eigenvalue weighted by molar-refractivity contribution is -0.137. The molecule has 0 amide bonds. The van der Waals surface area contributed by atoms with Crippen molar-refractivity contribution < 1.29 is 17.6 Å². The van der Waals surface area contributed by atoms with E-state index in [0.717, 1.165) is 45.1 Å². The average molecular weight is 341 g/mol. The molecule has 0 spiro atoms. The Hall–Kier alpha value is -0.850. The Morgan fingerprint density at radius 1 is 1.23 bits per heavy atom. The van der Waals surface area contributed by atoms with Crippen molar-refractivity contribution >= 4 is 12.4 Å². The fourth-order valence-electron chi connectivity index (χ4n) is 2.78. The molecule has 0 radical (unpaired) electrons. The standard InChI is InChI=1S/C15H20F4N2.ClH/c1-2-3-14(21-8-6-20-7-9-21)12-5-4-11(10-13(12)16)15(17,18)19;/h4-5,10,14,20H,2-3,6-9H2,1H3;1H/t14-;/m1./s1. The highest BCUT2D eigenvalue weighted by Gasteiger charge is 2.32. The van der Waals surface area contributed by atoms with Gasteiger partial charge in [0.2, 0.25) is 0 Å². The average Bonchev–Trinajstić information content (AvgIpc) is 2.45.